The zero-order valence-electron chi connectivity index (χ0n) is 16.2. The summed E-state index contributed by atoms with van der Waals surface area (Å²) < 4.78 is 69.8. The number of hydrogen-bond donors (Lipinski definition) is 1. The Morgan fingerprint density at radius 2 is 1.80 bits per heavy atom. The highest BCUT2D eigenvalue weighted by Gasteiger charge is 2.30. The van der Waals surface area contributed by atoms with Crippen LogP contribution in [0.1, 0.15) is 19.4 Å². The summed E-state index contributed by atoms with van der Waals surface area (Å²) in [5.74, 6) is -0.639. The second-order valence-electron chi connectivity index (χ2n) is 6.10. The molecule has 0 fully saturated rings. The molecule has 0 unspecified atom stereocenters. The van der Waals surface area contributed by atoms with Crippen LogP contribution in [-0.2, 0) is 21.0 Å². The maximum absolute atomic E-state index is 12.7. The molecule has 0 aromatic heterocycles. The first kappa shape index (κ1) is 24.0. The van der Waals surface area contributed by atoms with Gasteiger partial charge in [-0.2, -0.15) is 17.5 Å². The Balaban J connectivity index is 2.05. The van der Waals surface area contributed by atoms with E-state index < -0.39 is 34.3 Å². The molecule has 2 rings (SSSR count). The van der Waals surface area contributed by atoms with E-state index in [2.05, 4.69) is 5.32 Å². The summed E-state index contributed by atoms with van der Waals surface area (Å²) in [6.07, 6.45) is -4.53. The largest absolute Gasteiger partial charge is 0.482 e. The number of nitrogens with zero attached hydrogens (tertiary/aromatic N) is 1. The quantitative estimate of drug-likeness (QED) is 0.628. The third kappa shape index (κ3) is 5.87. The number of carbonyl (C=O) groups is 1. The second kappa shape index (κ2) is 9.67. The summed E-state index contributed by atoms with van der Waals surface area (Å²) in [7, 11) is -3.71. The van der Waals surface area contributed by atoms with Crippen molar-refractivity contribution in [3.8, 4) is 5.75 Å². The number of rotatable bonds is 8. The molecule has 0 spiro atoms. The minimum Gasteiger partial charge on any atom is -0.482 e. The molecule has 0 aliphatic rings. The van der Waals surface area contributed by atoms with Gasteiger partial charge < -0.3 is 10.1 Å². The molecule has 0 radical (unpaired) electrons. The molecule has 0 heterocycles. The molecule has 164 valence electrons. The molecule has 2 aromatic rings. The van der Waals surface area contributed by atoms with Crippen LogP contribution >= 0.6 is 11.6 Å². The first-order valence-electron chi connectivity index (χ1n) is 8.88. The van der Waals surface area contributed by atoms with Crippen molar-refractivity contribution < 1.29 is 31.1 Å². The summed E-state index contributed by atoms with van der Waals surface area (Å²) in [5.41, 5.74) is -0.931. The SMILES string of the molecule is CCN(CC)S(=O)(=O)c1ccc(OCC(=O)Nc2cccc(C(F)(F)F)c2)c(Cl)c1. The average molecular weight is 465 g/mol. The van der Waals surface area contributed by atoms with Crippen LogP contribution in [0.15, 0.2) is 47.4 Å². The predicted molar refractivity (Wildman–Crippen MR) is 107 cm³/mol. The van der Waals surface area contributed by atoms with Crippen molar-refractivity contribution in [3.05, 3.63) is 53.1 Å². The number of nitrogens with one attached hydrogen (secondary N) is 1. The van der Waals surface area contributed by atoms with Gasteiger partial charge in [-0.25, -0.2) is 8.42 Å². The van der Waals surface area contributed by atoms with E-state index in [0.717, 1.165) is 12.1 Å². The monoisotopic (exact) mass is 464 g/mol. The van der Waals surface area contributed by atoms with Crippen LogP contribution in [-0.4, -0.2) is 38.3 Å². The summed E-state index contributed by atoms with van der Waals surface area (Å²) in [6.45, 7) is 3.49. The van der Waals surface area contributed by atoms with Gasteiger partial charge in [0, 0.05) is 18.8 Å². The molecule has 2 aromatic carbocycles. The molecule has 1 N–H and O–H groups in total. The van der Waals surface area contributed by atoms with Crippen LogP contribution in [0, 0.1) is 0 Å². The van der Waals surface area contributed by atoms with Gasteiger partial charge in [0.25, 0.3) is 5.91 Å². The molecular formula is C19H20ClF3N2O4S. The van der Waals surface area contributed by atoms with E-state index in [0.29, 0.717) is 13.1 Å². The van der Waals surface area contributed by atoms with Gasteiger partial charge in [0.1, 0.15) is 5.75 Å². The minimum atomic E-state index is -4.53. The minimum absolute atomic E-state index is 0.0167. The lowest BCUT2D eigenvalue weighted by molar-refractivity contribution is -0.137. The average Bonchev–Trinajstić information content (AvgIpc) is 2.67. The summed E-state index contributed by atoms with van der Waals surface area (Å²) in [4.78, 5) is 12.0. The molecular weight excluding hydrogens is 445 g/mol. The van der Waals surface area contributed by atoms with Crippen LogP contribution in [0.4, 0.5) is 18.9 Å². The lowest BCUT2D eigenvalue weighted by atomic mass is 10.2. The third-order valence-electron chi connectivity index (χ3n) is 4.08. The molecule has 11 heteroatoms. The Hall–Kier alpha value is -2.30. The van der Waals surface area contributed by atoms with E-state index in [4.69, 9.17) is 16.3 Å². The van der Waals surface area contributed by atoms with Gasteiger partial charge in [-0.05, 0) is 36.4 Å². The van der Waals surface area contributed by atoms with Crippen LogP contribution < -0.4 is 10.1 Å². The third-order valence-corrected chi connectivity index (χ3v) is 6.42. The molecule has 30 heavy (non-hydrogen) atoms. The van der Waals surface area contributed by atoms with Crippen LogP contribution in [0.25, 0.3) is 0 Å². The fraction of sp³-hybridized carbons (Fsp3) is 0.316. The van der Waals surface area contributed by atoms with Crippen LogP contribution in [0.3, 0.4) is 0 Å². The lowest BCUT2D eigenvalue weighted by Gasteiger charge is -2.19. The molecule has 0 aliphatic carbocycles. The second-order valence-corrected chi connectivity index (χ2v) is 8.44. The maximum atomic E-state index is 12.7. The fourth-order valence-electron chi connectivity index (χ4n) is 2.59. The highest BCUT2D eigenvalue weighted by atomic mass is 35.5. The Bertz CT molecular complexity index is 1010. The van der Waals surface area contributed by atoms with Gasteiger partial charge in [0.2, 0.25) is 10.0 Å². The van der Waals surface area contributed by atoms with Gasteiger partial charge in [-0.15, -0.1) is 0 Å². The number of halogens is 4. The zero-order chi connectivity index (χ0) is 22.5. The Kier molecular flexibility index (Phi) is 7.73. The van der Waals surface area contributed by atoms with Crippen molar-refractivity contribution in [2.75, 3.05) is 25.0 Å². The van der Waals surface area contributed by atoms with E-state index in [1.54, 1.807) is 13.8 Å². The van der Waals surface area contributed by atoms with Gasteiger partial charge >= 0.3 is 6.18 Å². The predicted octanol–water partition coefficient (Wildman–Crippen LogP) is 4.41. The van der Waals surface area contributed by atoms with Crippen LogP contribution in [0.2, 0.25) is 5.02 Å². The molecule has 0 aliphatic heterocycles. The van der Waals surface area contributed by atoms with E-state index >= 15 is 0 Å². The number of hydrogen-bond acceptors (Lipinski definition) is 4. The standard InChI is InChI=1S/C19H20ClF3N2O4S/c1-3-25(4-2)30(27,28)15-8-9-17(16(20)11-15)29-12-18(26)24-14-7-5-6-13(10-14)19(21,22)23/h5-11H,3-4,12H2,1-2H3,(H,24,26). The van der Waals surface area contributed by atoms with Crippen molar-refractivity contribution in [1.82, 2.24) is 4.31 Å². The van der Waals surface area contributed by atoms with E-state index in [-0.39, 0.29) is 21.4 Å². The van der Waals surface area contributed by atoms with Crippen molar-refractivity contribution >= 4 is 33.2 Å². The summed E-state index contributed by atoms with van der Waals surface area (Å²) in [5, 5.41) is 2.28. The van der Waals surface area contributed by atoms with Gasteiger partial charge in [-0.1, -0.05) is 31.5 Å². The number of alkyl halides is 3. The molecule has 0 atom stereocenters. The van der Waals surface area contributed by atoms with Crippen molar-refractivity contribution in [2.24, 2.45) is 0 Å². The maximum Gasteiger partial charge on any atom is 0.416 e. The van der Waals surface area contributed by atoms with Crippen LogP contribution in [0.5, 0.6) is 5.75 Å². The van der Waals surface area contributed by atoms with Crippen molar-refractivity contribution in [1.29, 1.82) is 0 Å². The summed E-state index contributed by atoms with van der Waals surface area (Å²) >= 11 is 6.08. The lowest BCUT2D eigenvalue weighted by Crippen LogP contribution is -2.30. The Labute approximate surface area is 177 Å². The highest BCUT2D eigenvalue weighted by molar-refractivity contribution is 7.89. The Morgan fingerprint density at radius 1 is 1.13 bits per heavy atom. The number of anilines is 1. The van der Waals surface area contributed by atoms with Crippen molar-refractivity contribution in [3.63, 3.8) is 0 Å². The Morgan fingerprint density at radius 3 is 2.37 bits per heavy atom. The smallest absolute Gasteiger partial charge is 0.416 e. The number of carbonyl (C=O) groups excluding carboxylic acids is 1. The van der Waals surface area contributed by atoms with E-state index in [9.17, 15) is 26.4 Å². The normalized spacial score (nSPS) is 12.1. The van der Waals surface area contributed by atoms with Crippen molar-refractivity contribution in [2.45, 2.75) is 24.9 Å². The van der Waals surface area contributed by atoms with Gasteiger partial charge in [0.05, 0.1) is 15.5 Å². The summed E-state index contributed by atoms with van der Waals surface area (Å²) in [6, 6.07) is 8.01. The molecule has 6 nitrogen and oxygen atoms in total. The van der Waals surface area contributed by atoms with E-state index in [1.165, 1.54) is 34.6 Å². The van der Waals surface area contributed by atoms with E-state index in [1.807, 2.05) is 0 Å². The van der Waals surface area contributed by atoms with Gasteiger partial charge in [0.15, 0.2) is 6.61 Å². The number of sulfonamides is 1. The topological polar surface area (TPSA) is 75.7 Å². The molecule has 0 saturated heterocycles. The molecule has 1 amide bonds. The number of ether oxygens (including phenoxy) is 1. The zero-order valence-corrected chi connectivity index (χ0v) is 17.7. The molecule has 0 saturated carbocycles. The van der Waals surface area contributed by atoms with Gasteiger partial charge in [-0.3, -0.25) is 4.79 Å². The first-order valence-corrected chi connectivity index (χ1v) is 10.7. The number of amides is 1. The number of benzene rings is 2. The highest BCUT2D eigenvalue weighted by Crippen LogP contribution is 2.31. The first-order chi connectivity index (χ1) is 14.0. The molecule has 0 bridgehead atoms. The fourth-order valence-corrected chi connectivity index (χ4v) is 4.37.